The van der Waals surface area contributed by atoms with Crippen LogP contribution in [0.5, 0.6) is 0 Å². The summed E-state index contributed by atoms with van der Waals surface area (Å²) in [6.07, 6.45) is 0. The molecule has 0 saturated heterocycles. The van der Waals surface area contributed by atoms with Crippen molar-refractivity contribution in [3.05, 3.63) is 69.5 Å². The minimum atomic E-state index is 0.161. The SMILES string of the molecule is CC(NCc1nnc(-c2cccc(Br)c2)o1)c1ccc(Cl)cc1. The summed E-state index contributed by atoms with van der Waals surface area (Å²) in [6.45, 7) is 2.58. The Labute approximate surface area is 148 Å². The van der Waals surface area contributed by atoms with Gasteiger partial charge in [-0.3, -0.25) is 0 Å². The van der Waals surface area contributed by atoms with E-state index in [1.807, 2.05) is 48.5 Å². The highest BCUT2D eigenvalue weighted by Crippen LogP contribution is 2.22. The molecule has 0 radical (unpaired) electrons. The Hall–Kier alpha value is -1.69. The number of hydrogen-bond acceptors (Lipinski definition) is 4. The maximum Gasteiger partial charge on any atom is 0.247 e. The van der Waals surface area contributed by atoms with Crippen LogP contribution < -0.4 is 5.32 Å². The van der Waals surface area contributed by atoms with Crippen LogP contribution in [0.1, 0.15) is 24.4 Å². The minimum Gasteiger partial charge on any atom is -0.419 e. The van der Waals surface area contributed by atoms with Crippen molar-refractivity contribution >= 4 is 27.5 Å². The van der Waals surface area contributed by atoms with Gasteiger partial charge in [-0.2, -0.15) is 0 Å². The van der Waals surface area contributed by atoms with Gasteiger partial charge in [0.25, 0.3) is 0 Å². The zero-order valence-corrected chi connectivity index (χ0v) is 14.8. The summed E-state index contributed by atoms with van der Waals surface area (Å²) in [5.74, 6) is 1.07. The van der Waals surface area contributed by atoms with Crippen molar-refractivity contribution in [2.24, 2.45) is 0 Å². The van der Waals surface area contributed by atoms with Crippen molar-refractivity contribution in [2.75, 3.05) is 0 Å². The van der Waals surface area contributed by atoms with E-state index >= 15 is 0 Å². The van der Waals surface area contributed by atoms with Gasteiger partial charge in [-0.1, -0.05) is 45.7 Å². The Morgan fingerprint density at radius 1 is 1.17 bits per heavy atom. The van der Waals surface area contributed by atoms with Crippen LogP contribution in [-0.4, -0.2) is 10.2 Å². The van der Waals surface area contributed by atoms with Crippen molar-refractivity contribution < 1.29 is 4.42 Å². The zero-order chi connectivity index (χ0) is 16.2. The first-order valence-corrected chi connectivity index (χ1v) is 8.36. The summed E-state index contributed by atoms with van der Waals surface area (Å²) in [7, 11) is 0. The maximum atomic E-state index is 5.90. The largest absolute Gasteiger partial charge is 0.419 e. The molecule has 3 aromatic rings. The molecule has 0 spiro atoms. The Morgan fingerprint density at radius 2 is 1.96 bits per heavy atom. The molecule has 0 aliphatic heterocycles. The lowest BCUT2D eigenvalue weighted by Crippen LogP contribution is -2.18. The van der Waals surface area contributed by atoms with Gasteiger partial charge < -0.3 is 9.73 Å². The fourth-order valence-corrected chi connectivity index (χ4v) is 2.70. The van der Waals surface area contributed by atoms with Crippen molar-refractivity contribution in [1.82, 2.24) is 15.5 Å². The minimum absolute atomic E-state index is 0.161. The highest BCUT2D eigenvalue weighted by atomic mass is 79.9. The molecule has 1 heterocycles. The van der Waals surface area contributed by atoms with Crippen LogP contribution in [0.4, 0.5) is 0 Å². The van der Waals surface area contributed by atoms with Gasteiger partial charge in [0.05, 0.1) is 6.54 Å². The molecular weight excluding hydrogens is 378 g/mol. The Balaban J connectivity index is 1.64. The van der Waals surface area contributed by atoms with Gasteiger partial charge in [0.2, 0.25) is 11.8 Å². The first-order valence-electron chi connectivity index (χ1n) is 7.19. The summed E-state index contributed by atoms with van der Waals surface area (Å²) in [5, 5.41) is 12.3. The van der Waals surface area contributed by atoms with Crippen LogP contribution in [0.25, 0.3) is 11.5 Å². The fraction of sp³-hybridized carbons (Fsp3) is 0.176. The highest BCUT2D eigenvalue weighted by molar-refractivity contribution is 9.10. The van der Waals surface area contributed by atoms with E-state index in [-0.39, 0.29) is 6.04 Å². The van der Waals surface area contributed by atoms with E-state index < -0.39 is 0 Å². The lowest BCUT2D eigenvalue weighted by Gasteiger charge is -2.12. The molecule has 0 aliphatic carbocycles. The van der Waals surface area contributed by atoms with Gasteiger partial charge >= 0.3 is 0 Å². The van der Waals surface area contributed by atoms with Crippen molar-refractivity contribution in [3.63, 3.8) is 0 Å². The van der Waals surface area contributed by atoms with Crippen molar-refractivity contribution in [3.8, 4) is 11.5 Å². The van der Waals surface area contributed by atoms with Crippen LogP contribution in [0, 0.1) is 0 Å². The van der Waals surface area contributed by atoms with Crippen LogP contribution in [0.3, 0.4) is 0 Å². The molecule has 0 amide bonds. The molecular formula is C17H15BrClN3O. The van der Waals surface area contributed by atoms with E-state index in [0.29, 0.717) is 18.3 Å². The van der Waals surface area contributed by atoms with E-state index in [1.165, 1.54) is 0 Å². The predicted octanol–water partition coefficient (Wildman–Crippen LogP) is 5.00. The lowest BCUT2D eigenvalue weighted by molar-refractivity contribution is 0.454. The molecule has 0 aliphatic rings. The summed E-state index contributed by atoms with van der Waals surface area (Å²) in [4.78, 5) is 0. The highest BCUT2D eigenvalue weighted by Gasteiger charge is 2.11. The normalized spacial score (nSPS) is 12.3. The smallest absolute Gasteiger partial charge is 0.247 e. The average Bonchev–Trinajstić information content (AvgIpc) is 3.02. The third-order valence-corrected chi connectivity index (χ3v) is 4.21. The van der Waals surface area contributed by atoms with Crippen LogP contribution in [-0.2, 0) is 6.54 Å². The molecule has 0 fully saturated rings. The van der Waals surface area contributed by atoms with Crippen molar-refractivity contribution in [1.29, 1.82) is 0 Å². The van der Waals surface area contributed by atoms with E-state index in [0.717, 1.165) is 20.6 Å². The molecule has 3 rings (SSSR count). The lowest BCUT2D eigenvalue weighted by atomic mass is 10.1. The Bertz CT molecular complexity index is 789. The molecule has 1 unspecified atom stereocenters. The average molecular weight is 393 g/mol. The number of nitrogens with zero attached hydrogens (tertiary/aromatic N) is 2. The molecule has 2 aromatic carbocycles. The van der Waals surface area contributed by atoms with E-state index in [2.05, 4.69) is 38.4 Å². The van der Waals surface area contributed by atoms with Crippen LogP contribution in [0.15, 0.2) is 57.4 Å². The quantitative estimate of drug-likeness (QED) is 0.663. The third-order valence-electron chi connectivity index (χ3n) is 3.47. The number of nitrogens with one attached hydrogen (secondary N) is 1. The predicted molar refractivity (Wildman–Crippen MR) is 94.1 cm³/mol. The number of hydrogen-bond donors (Lipinski definition) is 1. The summed E-state index contributed by atoms with van der Waals surface area (Å²) in [5.41, 5.74) is 2.05. The topological polar surface area (TPSA) is 51.0 Å². The van der Waals surface area contributed by atoms with Gasteiger partial charge in [0.15, 0.2) is 0 Å². The van der Waals surface area contributed by atoms with Gasteiger partial charge in [0.1, 0.15) is 0 Å². The molecule has 118 valence electrons. The standard InChI is InChI=1S/C17H15BrClN3O/c1-11(12-5-7-15(19)8-6-12)20-10-16-21-22-17(23-16)13-3-2-4-14(18)9-13/h2-9,11,20H,10H2,1H3. The van der Waals surface area contributed by atoms with E-state index in [4.69, 9.17) is 16.0 Å². The number of rotatable bonds is 5. The number of halogens is 2. The second-order valence-corrected chi connectivity index (χ2v) is 6.52. The van der Waals surface area contributed by atoms with Gasteiger partial charge in [-0.05, 0) is 42.8 Å². The molecule has 23 heavy (non-hydrogen) atoms. The van der Waals surface area contributed by atoms with Gasteiger partial charge in [-0.25, -0.2) is 0 Å². The molecule has 0 saturated carbocycles. The molecule has 6 heteroatoms. The van der Waals surface area contributed by atoms with Crippen molar-refractivity contribution in [2.45, 2.75) is 19.5 Å². The Morgan fingerprint density at radius 3 is 2.70 bits per heavy atom. The van der Waals surface area contributed by atoms with E-state index in [1.54, 1.807) is 0 Å². The van der Waals surface area contributed by atoms with E-state index in [9.17, 15) is 0 Å². The molecule has 1 N–H and O–H groups in total. The second-order valence-electron chi connectivity index (χ2n) is 5.17. The molecule has 1 atom stereocenters. The number of aromatic nitrogens is 2. The number of benzene rings is 2. The third kappa shape index (κ3) is 4.19. The maximum absolute atomic E-state index is 5.90. The van der Waals surface area contributed by atoms with Gasteiger partial charge in [0, 0.05) is 21.1 Å². The Kier molecular flexibility index (Phi) is 5.10. The monoisotopic (exact) mass is 391 g/mol. The molecule has 4 nitrogen and oxygen atoms in total. The first-order chi connectivity index (χ1) is 11.1. The van der Waals surface area contributed by atoms with Gasteiger partial charge in [-0.15, -0.1) is 10.2 Å². The molecule has 0 bridgehead atoms. The molecule has 1 aromatic heterocycles. The first kappa shape index (κ1) is 16.2. The second kappa shape index (κ2) is 7.25. The fourth-order valence-electron chi connectivity index (χ4n) is 2.17. The van der Waals surface area contributed by atoms with Crippen LogP contribution in [0.2, 0.25) is 5.02 Å². The summed E-state index contributed by atoms with van der Waals surface area (Å²) < 4.78 is 6.68. The summed E-state index contributed by atoms with van der Waals surface area (Å²) in [6, 6.07) is 15.7. The summed E-state index contributed by atoms with van der Waals surface area (Å²) >= 11 is 9.34. The van der Waals surface area contributed by atoms with Crippen LogP contribution >= 0.6 is 27.5 Å². The zero-order valence-electron chi connectivity index (χ0n) is 12.5.